The normalized spacial score (nSPS) is 9.82. The van der Waals surface area contributed by atoms with Crippen LogP contribution in [0.25, 0.3) is 0 Å². The molecule has 0 aliphatic heterocycles. The number of carbonyl (C=O) groups excluding carboxylic acids is 1. The van der Waals surface area contributed by atoms with Crippen LogP contribution in [0.1, 0.15) is 6.42 Å². The van der Waals surface area contributed by atoms with Gasteiger partial charge in [0.15, 0.2) is 0 Å². The molecule has 1 rings (SSSR count). The van der Waals surface area contributed by atoms with E-state index in [0.717, 1.165) is 17.9 Å². The zero-order valence-electron chi connectivity index (χ0n) is 10.3. The number of nitrogens with two attached hydrogens (primary N) is 1. The van der Waals surface area contributed by atoms with E-state index in [0.29, 0.717) is 13.1 Å². The maximum atomic E-state index is 11.7. The highest BCUT2D eigenvalue weighted by Gasteiger charge is 2.13. The third-order valence-electron chi connectivity index (χ3n) is 2.43. The number of methoxy groups -OCH3 is 1. The summed E-state index contributed by atoms with van der Waals surface area (Å²) in [7, 11) is 3.22. The van der Waals surface area contributed by atoms with E-state index in [2.05, 4.69) is 5.32 Å². The van der Waals surface area contributed by atoms with Gasteiger partial charge in [-0.2, -0.15) is 0 Å². The van der Waals surface area contributed by atoms with Gasteiger partial charge in [-0.05, 0) is 37.2 Å². The summed E-state index contributed by atoms with van der Waals surface area (Å²) in [6, 6.07) is 7.22. The lowest BCUT2D eigenvalue weighted by atomic mass is 10.2. The maximum absolute atomic E-state index is 11.7. The molecule has 0 fully saturated rings. The first-order valence-corrected chi connectivity index (χ1v) is 5.56. The minimum absolute atomic E-state index is 0.136. The highest BCUT2D eigenvalue weighted by Crippen LogP contribution is 2.19. The first-order valence-electron chi connectivity index (χ1n) is 5.56. The third-order valence-corrected chi connectivity index (χ3v) is 2.43. The van der Waals surface area contributed by atoms with E-state index in [1.807, 2.05) is 24.3 Å². The molecule has 0 aliphatic carbocycles. The maximum Gasteiger partial charge on any atom is 0.321 e. The highest BCUT2D eigenvalue weighted by atomic mass is 16.5. The fourth-order valence-corrected chi connectivity index (χ4v) is 1.49. The number of carbonyl (C=O) groups is 1. The van der Waals surface area contributed by atoms with Gasteiger partial charge in [0, 0.05) is 19.3 Å². The molecule has 0 aliphatic rings. The lowest BCUT2D eigenvalue weighted by Crippen LogP contribution is -2.39. The minimum Gasteiger partial charge on any atom is -0.497 e. The van der Waals surface area contributed by atoms with Crippen molar-refractivity contribution in [3.05, 3.63) is 24.3 Å². The Bertz CT molecular complexity index is 351. The molecule has 94 valence electrons. The van der Waals surface area contributed by atoms with Crippen molar-refractivity contribution in [2.75, 3.05) is 32.1 Å². The number of hydrogen-bond donors (Lipinski definition) is 2. The largest absolute Gasteiger partial charge is 0.497 e. The Kier molecular flexibility index (Phi) is 5.29. The summed E-state index contributed by atoms with van der Waals surface area (Å²) in [5.74, 6) is 0.768. The van der Waals surface area contributed by atoms with Crippen LogP contribution in [-0.4, -0.2) is 33.3 Å². The van der Waals surface area contributed by atoms with Crippen molar-refractivity contribution in [2.24, 2.45) is 5.73 Å². The number of rotatable bonds is 5. The van der Waals surface area contributed by atoms with Crippen LogP contribution in [0.4, 0.5) is 10.5 Å². The molecule has 1 aromatic rings. The quantitative estimate of drug-likeness (QED) is 0.808. The number of benzene rings is 1. The van der Waals surface area contributed by atoms with Gasteiger partial charge in [0.1, 0.15) is 5.75 Å². The van der Waals surface area contributed by atoms with E-state index in [9.17, 15) is 4.79 Å². The van der Waals surface area contributed by atoms with Crippen molar-refractivity contribution in [2.45, 2.75) is 6.42 Å². The van der Waals surface area contributed by atoms with Gasteiger partial charge in [-0.15, -0.1) is 0 Å². The molecule has 2 amide bonds. The van der Waals surface area contributed by atoms with Crippen LogP contribution in [-0.2, 0) is 0 Å². The van der Waals surface area contributed by atoms with E-state index in [1.165, 1.54) is 0 Å². The predicted molar refractivity (Wildman–Crippen MR) is 68.5 cm³/mol. The van der Waals surface area contributed by atoms with E-state index in [4.69, 9.17) is 10.5 Å². The number of amides is 2. The molecule has 1 aromatic carbocycles. The number of urea groups is 1. The fraction of sp³-hybridized carbons (Fsp3) is 0.417. The molecule has 17 heavy (non-hydrogen) atoms. The first kappa shape index (κ1) is 13.3. The molecule has 0 radical (unpaired) electrons. The number of ether oxygens (including phenoxy) is 1. The standard InChI is InChI=1S/C12H19N3O2/c1-14-12(16)15(9-3-8-13)10-4-6-11(17-2)7-5-10/h4-7H,3,8-9,13H2,1-2H3,(H,14,16). The van der Waals surface area contributed by atoms with Crippen LogP contribution >= 0.6 is 0 Å². The van der Waals surface area contributed by atoms with Gasteiger partial charge in [-0.1, -0.05) is 0 Å². The SMILES string of the molecule is CNC(=O)N(CCCN)c1ccc(OC)cc1. The number of hydrogen-bond acceptors (Lipinski definition) is 3. The van der Waals surface area contributed by atoms with Gasteiger partial charge < -0.3 is 15.8 Å². The van der Waals surface area contributed by atoms with Crippen LogP contribution in [0.3, 0.4) is 0 Å². The molecule has 5 heteroatoms. The van der Waals surface area contributed by atoms with E-state index < -0.39 is 0 Å². The Labute approximate surface area is 102 Å². The molecule has 0 aromatic heterocycles. The zero-order chi connectivity index (χ0) is 12.7. The first-order chi connectivity index (χ1) is 8.22. The Balaban J connectivity index is 2.83. The molecule has 0 heterocycles. The molecule has 0 saturated heterocycles. The molecule has 0 unspecified atom stereocenters. The summed E-state index contributed by atoms with van der Waals surface area (Å²) >= 11 is 0. The van der Waals surface area contributed by atoms with Gasteiger partial charge >= 0.3 is 6.03 Å². The van der Waals surface area contributed by atoms with Gasteiger partial charge in [-0.3, -0.25) is 4.90 Å². The van der Waals surface area contributed by atoms with Gasteiger partial charge in [0.2, 0.25) is 0 Å². The second kappa shape index (κ2) is 6.75. The Morgan fingerprint density at radius 2 is 2.06 bits per heavy atom. The Morgan fingerprint density at radius 1 is 1.41 bits per heavy atom. The minimum atomic E-state index is -0.136. The fourth-order valence-electron chi connectivity index (χ4n) is 1.49. The van der Waals surface area contributed by atoms with E-state index in [-0.39, 0.29) is 6.03 Å². The smallest absolute Gasteiger partial charge is 0.321 e. The van der Waals surface area contributed by atoms with Crippen molar-refractivity contribution in [1.29, 1.82) is 0 Å². The highest BCUT2D eigenvalue weighted by molar-refractivity contribution is 5.91. The Hall–Kier alpha value is -1.75. The monoisotopic (exact) mass is 237 g/mol. The van der Waals surface area contributed by atoms with Crippen molar-refractivity contribution < 1.29 is 9.53 Å². The number of nitrogens with zero attached hydrogens (tertiary/aromatic N) is 1. The number of anilines is 1. The van der Waals surface area contributed by atoms with Crippen LogP contribution in [0, 0.1) is 0 Å². The summed E-state index contributed by atoms with van der Waals surface area (Å²) in [6.07, 6.45) is 0.763. The second-order valence-electron chi connectivity index (χ2n) is 3.55. The summed E-state index contributed by atoms with van der Waals surface area (Å²) in [5.41, 5.74) is 6.30. The molecule has 0 atom stereocenters. The van der Waals surface area contributed by atoms with Crippen LogP contribution in [0.5, 0.6) is 5.75 Å². The zero-order valence-corrected chi connectivity index (χ0v) is 10.3. The lowest BCUT2D eigenvalue weighted by molar-refractivity contribution is 0.248. The molecular weight excluding hydrogens is 218 g/mol. The molecule has 3 N–H and O–H groups in total. The summed E-state index contributed by atoms with van der Waals surface area (Å²) < 4.78 is 5.08. The van der Waals surface area contributed by atoms with Crippen molar-refractivity contribution in [3.8, 4) is 5.75 Å². The van der Waals surface area contributed by atoms with E-state index in [1.54, 1.807) is 19.1 Å². The lowest BCUT2D eigenvalue weighted by Gasteiger charge is -2.22. The average Bonchev–Trinajstić information content (AvgIpc) is 2.39. The molecule has 0 saturated carbocycles. The predicted octanol–water partition coefficient (Wildman–Crippen LogP) is 1.19. The van der Waals surface area contributed by atoms with Crippen LogP contribution in [0.2, 0.25) is 0 Å². The van der Waals surface area contributed by atoms with Gasteiger partial charge in [0.05, 0.1) is 7.11 Å². The summed E-state index contributed by atoms with van der Waals surface area (Å²) in [6.45, 7) is 1.16. The van der Waals surface area contributed by atoms with Crippen molar-refractivity contribution in [3.63, 3.8) is 0 Å². The average molecular weight is 237 g/mol. The Morgan fingerprint density at radius 3 is 2.53 bits per heavy atom. The van der Waals surface area contributed by atoms with E-state index >= 15 is 0 Å². The summed E-state index contributed by atoms with van der Waals surface area (Å²) in [4.78, 5) is 13.4. The number of nitrogens with one attached hydrogen (secondary N) is 1. The molecule has 0 spiro atoms. The van der Waals surface area contributed by atoms with Crippen molar-refractivity contribution in [1.82, 2.24) is 5.32 Å². The summed E-state index contributed by atoms with van der Waals surface area (Å²) in [5, 5.41) is 2.62. The van der Waals surface area contributed by atoms with Crippen LogP contribution < -0.4 is 20.7 Å². The molecule has 0 bridgehead atoms. The van der Waals surface area contributed by atoms with Crippen LogP contribution in [0.15, 0.2) is 24.3 Å². The topological polar surface area (TPSA) is 67.6 Å². The van der Waals surface area contributed by atoms with Gasteiger partial charge in [0.25, 0.3) is 0 Å². The molecular formula is C12H19N3O2. The second-order valence-corrected chi connectivity index (χ2v) is 3.55. The van der Waals surface area contributed by atoms with Crippen molar-refractivity contribution >= 4 is 11.7 Å². The van der Waals surface area contributed by atoms with Gasteiger partial charge in [-0.25, -0.2) is 4.79 Å². The third kappa shape index (κ3) is 3.64. The molecule has 5 nitrogen and oxygen atoms in total.